The van der Waals surface area contributed by atoms with Crippen molar-refractivity contribution in [3.63, 3.8) is 0 Å². The van der Waals surface area contributed by atoms with E-state index in [-0.39, 0.29) is 18.1 Å². The maximum absolute atomic E-state index is 12.5. The van der Waals surface area contributed by atoms with Gasteiger partial charge in [0, 0.05) is 32.2 Å². The Bertz CT molecular complexity index is 994. The molecule has 2 aromatic heterocycles. The van der Waals surface area contributed by atoms with E-state index >= 15 is 0 Å². The predicted octanol–water partition coefficient (Wildman–Crippen LogP) is 1.21. The highest BCUT2D eigenvalue weighted by Crippen LogP contribution is 2.17. The average Bonchev–Trinajstić information content (AvgIpc) is 3.35. The summed E-state index contributed by atoms with van der Waals surface area (Å²) in [7, 11) is 1.71. The zero-order chi connectivity index (χ0) is 18.1. The summed E-state index contributed by atoms with van der Waals surface area (Å²) >= 11 is 0. The molecule has 1 aromatic carbocycles. The molecule has 0 aliphatic carbocycles. The number of benzene rings is 1. The van der Waals surface area contributed by atoms with Gasteiger partial charge in [0.25, 0.3) is 0 Å². The Balaban J connectivity index is 1.51. The number of carbonyl (C=O) groups excluding carboxylic acids is 1. The molecule has 0 saturated carbocycles. The minimum absolute atomic E-state index is 0.0437. The third-order valence-electron chi connectivity index (χ3n) is 4.79. The molecule has 1 fully saturated rings. The lowest BCUT2D eigenvalue weighted by Crippen LogP contribution is -2.29. The van der Waals surface area contributed by atoms with E-state index in [0.29, 0.717) is 18.3 Å². The molecule has 1 aliphatic heterocycles. The Hall–Kier alpha value is -2.87. The highest BCUT2D eigenvalue weighted by atomic mass is 16.5. The van der Waals surface area contributed by atoms with Gasteiger partial charge < -0.3 is 10.1 Å². The number of anilines is 1. The number of hydrogen-bond donors (Lipinski definition) is 1. The molecule has 8 nitrogen and oxygen atoms in total. The number of amides is 1. The summed E-state index contributed by atoms with van der Waals surface area (Å²) in [4.78, 5) is 25.0. The molecule has 3 aromatic rings. The van der Waals surface area contributed by atoms with E-state index in [1.165, 1.54) is 4.57 Å². The van der Waals surface area contributed by atoms with Gasteiger partial charge in [0.15, 0.2) is 0 Å². The van der Waals surface area contributed by atoms with E-state index in [4.69, 9.17) is 4.74 Å². The number of para-hydroxylation sites is 2. The first-order chi connectivity index (χ1) is 12.6. The van der Waals surface area contributed by atoms with E-state index in [1.807, 2.05) is 24.3 Å². The number of hydrogen-bond acceptors (Lipinski definition) is 4. The minimum Gasteiger partial charge on any atom is -0.381 e. The van der Waals surface area contributed by atoms with Gasteiger partial charge in [-0.1, -0.05) is 12.1 Å². The van der Waals surface area contributed by atoms with E-state index in [9.17, 15) is 9.59 Å². The van der Waals surface area contributed by atoms with Crippen molar-refractivity contribution in [2.75, 3.05) is 18.5 Å². The number of ether oxygens (including phenoxy) is 1. The molecule has 8 heteroatoms. The van der Waals surface area contributed by atoms with Crippen LogP contribution in [-0.2, 0) is 29.7 Å². The first-order valence-electron chi connectivity index (χ1n) is 8.67. The fourth-order valence-corrected chi connectivity index (χ4v) is 3.40. The Morgan fingerprint density at radius 1 is 1.31 bits per heavy atom. The summed E-state index contributed by atoms with van der Waals surface area (Å²) in [6, 6.07) is 9.20. The zero-order valence-corrected chi connectivity index (χ0v) is 14.6. The molecule has 136 valence electrons. The van der Waals surface area contributed by atoms with Crippen LogP contribution >= 0.6 is 0 Å². The first-order valence-corrected chi connectivity index (χ1v) is 8.67. The van der Waals surface area contributed by atoms with Crippen LogP contribution in [-0.4, -0.2) is 38.0 Å². The molecule has 0 radical (unpaired) electrons. The van der Waals surface area contributed by atoms with Crippen molar-refractivity contribution in [1.82, 2.24) is 18.9 Å². The molecule has 1 saturated heterocycles. The van der Waals surface area contributed by atoms with Crippen LogP contribution in [0.15, 0.2) is 41.3 Å². The van der Waals surface area contributed by atoms with Crippen LogP contribution < -0.4 is 11.0 Å². The van der Waals surface area contributed by atoms with Gasteiger partial charge in [-0.3, -0.25) is 13.9 Å². The number of rotatable bonds is 5. The summed E-state index contributed by atoms with van der Waals surface area (Å²) in [5, 5.41) is 7.15. The molecule has 26 heavy (non-hydrogen) atoms. The smallest absolute Gasteiger partial charge is 0.329 e. The van der Waals surface area contributed by atoms with Gasteiger partial charge in [-0.2, -0.15) is 5.10 Å². The Kier molecular flexibility index (Phi) is 4.34. The average molecular weight is 355 g/mol. The maximum Gasteiger partial charge on any atom is 0.329 e. The van der Waals surface area contributed by atoms with Gasteiger partial charge in [-0.05, 0) is 18.6 Å². The number of nitrogens with one attached hydrogen (secondary N) is 1. The highest BCUT2D eigenvalue weighted by molar-refractivity contribution is 5.90. The standard InChI is InChI=1S/C18H21N5O3/c1-21-14-4-2-3-5-15(14)22(18(21)25)11-17(24)20-16-6-8-19-23(16)10-13-7-9-26-12-13/h2-6,8,13H,7,9-12H2,1H3,(H,20,24)/t13-/m1/s1. The molecule has 1 amide bonds. The molecule has 0 bridgehead atoms. The zero-order valence-electron chi connectivity index (χ0n) is 14.6. The number of carbonyl (C=O) groups is 1. The maximum atomic E-state index is 12.5. The molecule has 0 unspecified atom stereocenters. The van der Waals surface area contributed by atoms with E-state index in [1.54, 1.807) is 28.6 Å². The van der Waals surface area contributed by atoms with Gasteiger partial charge in [-0.15, -0.1) is 0 Å². The lowest BCUT2D eigenvalue weighted by molar-refractivity contribution is -0.116. The van der Waals surface area contributed by atoms with Gasteiger partial charge in [0.1, 0.15) is 12.4 Å². The summed E-state index contributed by atoms with van der Waals surface area (Å²) in [6.45, 7) is 2.16. The summed E-state index contributed by atoms with van der Waals surface area (Å²) in [5.41, 5.74) is 1.33. The summed E-state index contributed by atoms with van der Waals surface area (Å²) < 4.78 is 10.2. The molecule has 3 heterocycles. The molecule has 1 aliphatic rings. The lowest BCUT2D eigenvalue weighted by atomic mass is 10.1. The van der Waals surface area contributed by atoms with Crippen LogP contribution in [0.2, 0.25) is 0 Å². The van der Waals surface area contributed by atoms with Crippen molar-refractivity contribution in [2.45, 2.75) is 19.5 Å². The van der Waals surface area contributed by atoms with Crippen molar-refractivity contribution in [2.24, 2.45) is 13.0 Å². The van der Waals surface area contributed by atoms with E-state index < -0.39 is 0 Å². The van der Waals surface area contributed by atoms with Gasteiger partial charge in [-0.25, -0.2) is 9.48 Å². The molecule has 1 N–H and O–H groups in total. The first kappa shape index (κ1) is 16.6. The Morgan fingerprint density at radius 2 is 2.12 bits per heavy atom. The number of imidazole rings is 1. The summed E-state index contributed by atoms with van der Waals surface area (Å²) in [6.07, 6.45) is 2.66. The van der Waals surface area contributed by atoms with Crippen LogP contribution in [0.1, 0.15) is 6.42 Å². The van der Waals surface area contributed by atoms with Crippen LogP contribution in [0.3, 0.4) is 0 Å². The molecule has 1 atom stereocenters. The number of aromatic nitrogens is 4. The Morgan fingerprint density at radius 3 is 2.88 bits per heavy atom. The van der Waals surface area contributed by atoms with E-state index in [0.717, 1.165) is 30.7 Å². The van der Waals surface area contributed by atoms with Crippen molar-refractivity contribution in [3.05, 3.63) is 47.0 Å². The van der Waals surface area contributed by atoms with Crippen LogP contribution in [0.25, 0.3) is 11.0 Å². The van der Waals surface area contributed by atoms with Crippen molar-refractivity contribution in [1.29, 1.82) is 0 Å². The second-order valence-electron chi connectivity index (χ2n) is 6.59. The lowest BCUT2D eigenvalue weighted by Gasteiger charge is -2.12. The number of fused-ring (bicyclic) bond motifs is 1. The van der Waals surface area contributed by atoms with Crippen LogP contribution in [0.4, 0.5) is 5.82 Å². The Labute approximate surface area is 150 Å². The minimum atomic E-state index is -0.257. The van der Waals surface area contributed by atoms with Gasteiger partial charge in [0.2, 0.25) is 5.91 Å². The summed E-state index contributed by atoms with van der Waals surface area (Å²) in [5.74, 6) is 0.786. The quantitative estimate of drug-likeness (QED) is 0.746. The molecule has 0 spiro atoms. The van der Waals surface area contributed by atoms with Gasteiger partial charge >= 0.3 is 5.69 Å². The van der Waals surface area contributed by atoms with Crippen LogP contribution in [0, 0.1) is 5.92 Å². The van der Waals surface area contributed by atoms with Gasteiger partial charge in [0.05, 0.1) is 23.8 Å². The third kappa shape index (κ3) is 3.03. The van der Waals surface area contributed by atoms with Crippen molar-refractivity contribution in [3.8, 4) is 0 Å². The fourth-order valence-electron chi connectivity index (χ4n) is 3.40. The topological polar surface area (TPSA) is 83.1 Å². The monoisotopic (exact) mass is 355 g/mol. The predicted molar refractivity (Wildman–Crippen MR) is 97.0 cm³/mol. The largest absolute Gasteiger partial charge is 0.381 e. The SMILES string of the molecule is Cn1c(=O)n(CC(=O)Nc2ccnn2C[C@H]2CCOC2)c2ccccc21. The normalized spacial score (nSPS) is 17.0. The molecule has 4 rings (SSSR count). The van der Waals surface area contributed by atoms with Crippen LogP contribution in [0.5, 0.6) is 0 Å². The number of aryl methyl sites for hydroxylation is 1. The van der Waals surface area contributed by atoms with Crippen molar-refractivity contribution < 1.29 is 9.53 Å². The van der Waals surface area contributed by atoms with E-state index in [2.05, 4.69) is 10.4 Å². The third-order valence-corrected chi connectivity index (χ3v) is 4.79. The second kappa shape index (κ2) is 6.80. The second-order valence-corrected chi connectivity index (χ2v) is 6.59. The molecular formula is C18H21N5O3. The fraction of sp³-hybridized carbons (Fsp3) is 0.389. The van der Waals surface area contributed by atoms with Crippen molar-refractivity contribution >= 4 is 22.8 Å². The molecular weight excluding hydrogens is 334 g/mol. The highest BCUT2D eigenvalue weighted by Gasteiger charge is 2.19. The number of nitrogens with zero attached hydrogens (tertiary/aromatic N) is 4.